The fourth-order valence-corrected chi connectivity index (χ4v) is 3.56. The minimum absolute atomic E-state index is 0.249. The first-order valence-corrected chi connectivity index (χ1v) is 7.72. The smallest absolute Gasteiger partial charge is 0.182 e. The molecule has 1 nitrogen and oxygen atoms in total. The van der Waals surface area contributed by atoms with Crippen molar-refractivity contribution in [1.82, 2.24) is 0 Å². The Labute approximate surface area is 108 Å². The standard InChI is InChI=1S/C11H15BrOS2/c1-8(2)5-6-14-7-9(13)10-3-4-11(12)15-10/h3-4,8H,5-7H2,1-2H3. The number of rotatable bonds is 6. The summed E-state index contributed by atoms with van der Waals surface area (Å²) in [5, 5.41) is 0. The Kier molecular flexibility index (Phi) is 5.94. The van der Waals surface area contributed by atoms with Crippen molar-refractivity contribution in [1.29, 1.82) is 0 Å². The third-order valence-corrected chi connectivity index (χ3v) is 4.58. The van der Waals surface area contributed by atoms with Gasteiger partial charge < -0.3 is 0 Å². The van der Waals surface area contributed by atoms with Gasteiger partial charge in [-0.3, -0.25) is 4.79 Å². The minimum Gasteiger partial charge on any atom is -0.292 e. The molecule has 1 aromatic heterocycles. The number of carbonyl (C=O) groups is 1. The summed E-state index contributed by atoms with van der Waals surface area (Å²) in [5.74, 6) is 2.67. The summed E-state index contributed by atoms with van der Waals surface area (Å²) in [5.41, 5.74) is 0. The van der Waals surface area contributed by atoms with Crippen LogP contribution in [0.5, 0.6) is 0 Å². The van der Waals surface area contributed by atoms with E-state index in [-0.39, 0.29) is 5.78 Å². The van der Waals surface area contributed by atoms with Crippen molar-refractivity contribution in [3.8, 4) is 0 Å². The summed E-state index contributed by atoms with van der Waals surface area (Å²) in [6.07, 6.45) is 1.19. The molecule has 0 spiro atoms. The van der Waals surface area contributed by atoms with Crippen LogP contribution in [0.25, 0.3) is 0 Å². The maximum Gasteiger partial charge on any atom is 0.182 e. The van der Waals surface area contributed by atoms with Crippen LogP contribution in [0.15, 0.2) is 15.9 Å². The summed E-state index contributed by atoms with van der Waals surface area (Å²) in [4.78, 5) is 12.5. The van der Waals surface area contributed by atoms with Crippen LogP contribution in [-0.2, 0) is 0 Å². The van der Waals surface area contributed by atoms with E-state index in [1.165, 1.54) is 17.8 Å². The minimum atomic E-state index is 0.249. The van der Waals surface area contributed by atoms with Crippen LogP contribution in [0, 0.1) is 5.92 Å². The van der Waals surface area contributed by atoms with Gasteiger partial charge in [0, 0.05) is 0 Å². The molecule has 0 amide bonds. The molecule has 0 aliphatic carbocycles. The van der Waals surface area contributed by atoms with Crippen molar-refractivity contribution in [3.05, 3.63) is 20.8 Å². The van der Waals surface area contributed by atoms with E-state index in [1.807, 2.05) is 12.1 Å². The maximum atomic E-state index is 11.7. The molecule has 0 N–H and O–H groups in total. The van der Waals surface area contributed by atoms with Gasteiger partial charge in [-0.25, -0.2) is 0 Å². The van der Waals surface area contributed by atoms with Gasteiger partial charge in [0.15, 0.2) is 5.78 Å². The lowest BCUT2D eigenvalue weighted by Crippen LogP contribution is -2.01. The highest BCUT2D eigenvalue weighted by molar-refractivity contribution is 9.11. The van der Waals surface area contributed by atoms with Gasteiger partial charge in [-0.15, -0.1) is 11.3 Å². The number of thioether (sulfide) groups is 1. The van der Waals surface area contributed by atoms with Gasteiger partial charge in [0.05, 0.1) is 14.4 Å². The Balaban J connectivity index is 2.25. The molecule has 0 unspecified atom stereocenters. The first-order chi connectivity index (χ1) is 7.09. The fraction of sp³-hybridized carbons (Fsp3) is 0.545. The molecule has 0 fully saturated rings. The van der Waals surface area contributed by atoms with Crippen molar-refractivity contribution >= 4 is 44.8 Å². The zero-order valence-corrected chi connectivity index (χ0v) is 12.2. The lowest BCUT2D eigenvalue weighted by Gasteiger charge is -2.02. The number of Topliss-reactive ketones (excluding diaryl/α,β-unsaturated/α-hetero) is 1. The Morgan fingerprint density at radius 1 is 1.53 bits per heavy atom. The van der Waals surface area contributed by atoms with E-state index in [4.69, 9.17) is 0 Å². The molecule has 1 aromatic rings. The van der Waals surface area contributed by atoms with Gasteiger partial charge in [-0.1, -0.05) is 13.8 Å². The highest BCUT2D eigenvalue weighted by Crippen LogP contribution is 2.23. The third-order valence-electron chi connectivity index (χ3n) is 1.92. The van der Waals surface area contributed by atoms with E-state index in [9.17, 15) is 4.79 Å². The van der Waals surface area contributed by atoms with E-state index in [1.54, 1.807) is 11.8 Å². The zero-order valence-electron chi connectivity index (χ0n) is 8.96. The molecule has 1 rings (SSSR count). The van der Waals surface area contributed by atoms with Crippen LogP contribution in [0.3, 0.4) is 0 Å². The first-order valence-electron chi connectivity index (χ1n) is 4.96. The van der Waals surface area contributed by atoms with E-state index in [2.05, 4.69) is 29.8 Å². The van der Waals surface area contributed by atoms with E-state index >= 15 is 0 Å². The van der Waals surface area contributed by atoms with Gasteiger partial charge in [0.2, 0.25) is 0 Å². The van der Waals surface area contributed by atoms with Crippen LogP contribution in [0.2, 0.25) is 0 Å². The molecule has 15 heavy (non-hydrogen) atoms. The van der Waals surface area contributed by atoms with Crippen LogP contribution >= 0.6 is 39.0 Å². The third kappa shape index (κ3) is 5.18. The monoisotopic (exact) mass is 306 g/mol. The second-order valence-corrected chi connectivity index (χ2v) is 7.33. The normalized spacial score (nSPS) is 10.9. The van der Waals surface area contributed by atoms with E-state index in [0.717, 1.165) is 20.3 Å². The molecule has 84 valence electrons. The fourth-order valence-electron chi connectivity index (χ4n) is 1.02. The molecule has 0 aliphatic heterocycles. The summed E-state index contributed by atoms with van der Waals surface area (Å²) in [6, 6.07) is 3.82. The Hall–Kier alpha value is 0.200. The average Bonchev–Trinajstić information content (AvgIpc) is 2.59. The highest BCUT2D eigenvalue weighted by atomic mass is 79.9. The molecule has 0 bridgehead atoms. The van der Waals surface area contributed by atoms with E-state index in [0.29, 0.717) is 5.75 Å². The molecule has 0 aromatic carbocycles. The van der Waals surface area contributed by atoms with Crippen LogP contribution in [0.1, 0.15) is 29.9 Å². The highest BCUT2D eigenvalue weighted by Gasteiger charge is 2.08. The van der Waals surface area contributed by atoms with Crippen molar-refractivity contribution in [2.75, 3.05) is 11.5 Å². The van der Waals surface area contributed by atoms with Crippen LogP contribution in [0.4, 0.5) is 0 Å². The zero-order chi connectivity index (χ0) is 11.3. The number of carbonyl (C=O) groups excluding carboxylic acids is 1. The molecule has 4 heteroatoms. The van der Waals surface area contributed by atoms with Crippen molar-refractivity contribution in [2.45, 2.75) is 20.3 Å². The molecule has 0 saturated carbocycles. The Morgan fingerprint density at radius 2 is 2.27 bits per heavy atom. The van der Waals surface area contributed by atoms with Crippen LogP contribution in [-0.4, -0.2) is 17.3 Å². The van der Waals surface area contributed by atoms with Crippen molar-refractivity contribution in [3.63, 3.8) is 0 Å². The second kappa shape index (κ2) is 6.71. The van der Waals surface area contributed by atoms with Gasteiger partial charge in [-0.2, -0.15) is 11.8 Å². The van der Waals surface area contributed by atoms with Crippen molar-refractivity contribution < 1.29 is 4.79 Å². The second-order valence-electron chi connectivity index (χ2n) is 3.76. The van der Waals surface area contributed by atoms with Gasteiger partial charge >= 0.3 is 0 Å². The molecular weight excluding hydrogens is 292 g/mol. The molecule has 0 saturated heterocycles. The largest absolute Gasteiger partial charge is 0.292 e. The number of thiophene rings is 1. The quantitative estimate of drug-likeness (QED) is 0.569. The number of ketones is 1. The Bertz CT molecular complexity index is 320. The summed E-state index contributed by atoms with van der Waals surface area (Å²) >= 11 is 6.61. The SMILES string of the molecule is CC(C)CCSCC(=O)c1ccc(Br)s1. The molecule has 0 atom stereocenters. The van der Waals surface area contributed by atoms with Gasteiger partial charge in [-0.05, 0) is 46.2 Å². The van der Waals surface area contributed by atoms with Crippen molar-refractivity contribution in [2.24, 2.45) is 5.92 Å². The summed E-state index contributed by atoms with van der Waals surface area (Å²) in [6.45, 7) is 4.41. The average molecular weight is 307 g/mol. The summed E-state index contributed by atoms with van der Waals surface area (Å²) < 4.78 is 1.03. The summed E-state index contributed by atoms with van der Waals surface area (Å²) in [7, 11) is 0. The lowest BCUT2D eigenvalue weighted by atomic mass is 10.2. The van der Waals surface area contributed by atoms with Crippen LogP contribution < -0.4 is 0 Å². The number of hydrogen-bond acceptors (Lipinski definition) is 3. The molecule has 0 aliphatic rings. The maximum absolute atomic E-state index is 11.7. The van der Waals surface area contributed by atoms with Gasteiger partial charge in [0.1, 0.15) is 0 Å². The van der Waals surface area contributed by atoms with Gasteiger partial charge in [0.25, 0.3) is 0 Å². The molecule has 1 heterocycles. The predicted molar refractivity (Wildman–Crippen MR) is 73.1 cm³/mol. The van der Waals surface area contributed by atoms with E-state index < -0.39 is 0 Å². The lowest BCUT2D eigenvalue weighted by molar-refractivity contribution is 0.102. The molecule has 0 radical (unpaired) electrons. The predicted octanol–water partition coefficient (Wildman–Crippen LogP) is 4.47. The number of hydrogen-bond donors (Lipinski definition) is 0. The number of halogens is 1. The molecular formula is C11H15BrOS2. The topological polar surface area (TPSA) is 17.1 Å². The Morgan fingerprint density at radius 3 is 2.80 bits per heavy atom. The first kappa shape index (κ1) is 13.3.